The standard InChI is InChI=1S/C19H25N3O6S2/c1-6-20-16-8-7-15(30(27,28)22(4)5)11-17(16)21-29(25,26)18-10-14(19(23)24)9-12(2)13(18)3/h7-11,20-21H,6H2,1-5H3,(H,23,24). The van der Waals surface area contributed by atoms with Crippen molar-refractivity contribution >= 4 is 37.4 Å². The van der Waals surface area contributed by atoms with Gasteiger partial charge in [0, 0.05) is 20.6 Å². The van der Waals surface area contributed by atoms with Crippen LogP contribution in [0.1, 0.15) is 28.4 Å². The highest BCUT2D eigenvalue weighted by molar-refractivity contribution is 7.92. The van der Waals surface area contributed by atoms with E-state index in [1.165, 1.54) is 38.4 Å². The number of sulfonamides is 2. The van der Waals surface area contributed by atoms with Crippen LogP contribution in [0.15, 0.2) is 40.1 Å². The highest BCUT2D eigenvalue weighted by Crippen LogP contribution is 2.30. The van der Waals surface area contributed by atoms with Crippen LogP contribution in [0.4, 0.5) is 11.4 Å². The Labute approximate surface area is 176 Å². The summed E-state index contributed by atoms with van der Waals surface area (Å²) in [4.78, 5) is 11.1. The molecule has 0 unspecified atom stereocenters. The normalized spacial score (nSPS) is 12.1. The second-order valence-electron chi connectivity index (χ2n) is 6.85. The molecule has 164 valence electrons. The zero-order valence-corrected chi connectivity index (χ0v) is 19.0. The van der Waals surface area contributed by atoms with Crippen LogP contribution in [0.2, 0.25) is 0 Å². The Morgan fingerprint density at radius 3 is 2.20 bits per heavy atom. The molecule has 0 aromatic heterocycles. The minimum Gasteiger partial charge on any atom is -0.478 e. The number of rotatable bonds is 8. The molecule has 0 aliphatic carbocycles. The first-order valence-corrected chi connectivity index (χ1v) is 11.9. The molecule has 0 heterocycles. The van der Waals surface area contributed by atoms with Gasteiger partial charge in [0.15, 0.2) is 0 Å². The quantitative estimate of drug-likeness (QED) is 0.557. The number of aryl methyl sites for hydroxylation is 1. The molecule has 0 bridgehead atoms. The molecule has 3 N–H and O–H groups in total. The molecule has 2 rings (SSSR count). The average molecular weight is 456 g/mol. The topological polar surface area (TPSA) is 133 Å². The van der Waals surface area contributed by atoms with Gasteiger partial charge < -0.3 is 10.4 Å². The van der Waals surface area contributed by atoms with Crippen LogP contribution in [0.3, 0.4) is 0 Å². The van der Waals surface area contributed by atoms with Crippen LogP contribution in [0, 0.1) is 13.8 Å². The van der Waals surface area contributed by atoms with Gasteiger partial charge in [-0.05, 0) is 62.2 Å². The zero-order chi connectivity index (χ0) is 22.9. The maximum atomic E-state index is 13.1. The summed E-state index contributed by atoms with van der Waals surface area (Å²) in [6.45, 7) is 5.48. The molecule has 0 saturated heterocycles. The first-order valence-electron chi connectivity index (χ1n) is 8.99. The fourth-order valence-electron chi connectivity index (χ4n) is 2.75. The van der Waals surface area contributed by atoms with Gasteiger partial charge in [0.05, 0.1) is 26.7 Å². The van der Waals surface area contributed by atoms with Crippen molar-refractivity contribution in [2.45, 2.75) is 30.6 Å². The Balaban J connectivity index is 2.64. The summed E-state index contributed by atoms with van der Waals surface area (Å²) >= 11 is 0. The lowest BCUT2D eigenvalue weighted by Gasteiger charge is -2.18. The van der Waals surface area contributed by atoms with E-state index < -0.39 is 26.0 Å². The van der Waals surface area contributed by atoms with Crippen LogP contribution < -0.4 is 10.0 Å². The first-order chi connectivity index (χ1) is 13.8. The molecule has 0 aliphatic rings. The zero-order valence-electron chi connectivity index (χ0n) is 17.3. The number of carbonyl (C=O) groups is 1. The van der Waals surface area contributed by atoms with E-state index in [0.717, 1.165) is 10.4 Å². The van der Waals surface area contributed by atoms with Gasteiger partial charge in [-0.2, -0.15) is 0 Å². The van der Waals surface area contributed by atoms with Crippen molar-refractivity contribution < 1.29 is 26.7 Å². The molecule has 0 amide bonds. The van der Waals surface area contributed by atoms with Crippen molar-refractivity contribution in [3.8, 4) is 0 Å². The Bertz CT molecular complexity index is 1190. The summed E-state index contributed by atoms with van der Waals surface area (Å²) in [5, 5.41) is 12.3. The molecule has 0 saturated carbocycles. The van der Waals surface area contributed by atoms with Crippen LogP contribution in [-0.4, -0.2) is 52.9 Å². The van der Waals surface area contributed by atoms with Gasteiger partial charge in [-0.1, -0.05) is 0 Å². The third-order valence-corrected chi connectivity index (χ3v) is 7.84. The number of benzene rings is 2. The van der Waals surface area contributed by atoms with Crippen molar-refractivity contribution in [3.05, 3.63) is 47.0 Å². The van der Waals surface area contributed by atoms with E-state index >= 15 is 0 Å². The summed E-state index contributed by atoms with van der Waals surface area (Å²) in [5.74, 6) is -1.25. The van der Waals surface area contributed by atoms with Crippen molar-refractivity contribution in [3.63, 3.8) is 0 Å². The first kappa shape index (κ1) is 23.6. The largest absolute Gasteiger partial charge is 0.478 e. The van der Waals surface area contributed by atoms with E-state index in [1.807, 2.05) is 6.92 Å². The Kier molecular flexibility index (Phi) is 6.80. The minimum atomic E-state index is -4.21. The van der Waals surface area contributed by atoms with E-state index in [4.69, 9.17) is 0 Å². The number of nitrogens with zero attached hydrogens (tertiary/aromatic N) is 1. The number of carboxylic acid groups (broad SMARTS) is 1. The molecule has 9 nitrogen and oxygen atoms in total. The number of hydrogen-bond donors (Lipinski definition) is 3. The molecule has 0 fully saturated rings. The number of carboxylic acids is 1. The van der Waals surface area contributed by atoms with Crippen molar-refractivity contribution in [2.24, 2.45) is 0 Å². The Morgan fingerprint density at radius 1 is 1.03 bits per heavy atom. The summed E-state index contributed by atoms with van der Waals surface area (Å²) in [6, 6.07) is 6.56. The summed E-state index contributed by atoms with van der Waals surface area (Å²) < 4.78 is 54.6. The molecule has 0 aliphatic heterocycles. The molecule has 0 atom stereocenters. The molecule has 2 aromatic carbocycles. The van der Waals surface area contributed by atoms with E-state index in [-0.39, 0.29) is 21.0 Å². The van der Waals surface area contributed by atoms with Crippen LogP contribution in [0.25, 0.3) is 0 Å². The summed E-state index contributed by atoms with van der Waals surface area (Å²) in [7, 11) is -5.25. The van der Waals surface area contributed by atoms with Gasteiger partial charge in [-0.15, -0.1) is 0 Å². The highest BCUT2D eigenvalue weighted by atomic mass is 32.2. The van der Waals surface area contributed by atoms with E-state index in [2.05, 4.69) is 10.0 Å². The van der Waals surface area contributed by atoms with Crippen LogP contribution in [-0.2, 0) is 20.0 Å². The molecule has 0 spiro atoms. The maximum Gasteiger partial charge on any atom is 0.335 e. The van der Waals surface area contributed by atoms with Crippen molar-refractivity contribution in [2.75, 3.05) is 30.7 Å². The Hall–Kier alpha value is -2.63. The number of nitrogens with one attached hydrogen (secondary N) is 2. The second-order valence-corrected chi connectivity index (χ2v) is 10.7. The number of aromatic carboxylic acids is 1. The van der Waals surface area contributed by atoms with Gasteiger partial charge in [0.2, 0.25) is 10.0 Å². The van der Waals surface area contributed by atoms with Gasteiger partial charge in [0.25, 0.3) is 10.0 Å². The summed E-state index contributed by atoms with van der Waals surface area (Å²) in [6.07, 6.45) is 0. The second kappa shape index (κ2) is 8.62. The lowest BCUT2D eigenvalue weighted by Crippen LogP contribution is -2.23. The molecular formula is C19H25N3O6S2. The number of anilines is 2. The maximum absolute atomic E-state index is 13.1. The van der Waals surface area contributed by atoms with Gasteiger partial charge in [-0.3, -0.25) is 4.72 Å². The predicted octanol–water partition coefficient (Wildman–Crippen LogP) is 2.48. The smallest absolute Gasteiger partial charge is 0.335 e. The Morgan fingerprint density at radius 2 is 1.67 bits per heavy atom. The molecule has 0 radical (unpaired) electrons. The SMILES string of the molecule is CCNc1ccc(S(=O)(=O)N(C)C)cc1NS(=O)(=O)c1cc(C(=O)O)cc(C)c1C. The van der Waals surface area contributed by atoms with E-state index in [0.29, 0.717) is 23.4 Å². The third-order valence-electron chi connectivity index (χ3n) is 4.54. The van der Waals surface area contributed by atoms with Gasteiger partial charge in [0.1, 0.15) is 0 Å². The minimum absolute atomic E-state index is 0.0394. The third kappa shape index (κ3) is 4.74. The fraction of sp³-hybridized carbons (Fsp3) is 0.316. The monoisotopic (exact) mass is 455 g/mol. The lowest BCUT2D eigenvalue weighted by molar-refractivity contribution is 0.0696. The summed E-state index contributed by atoms with van der Waals surface area (Å²) in [5.41, 5.74) is 1.18. The predicted molar refractivity (Wildman–Crippen MR) is 115 cm³/mol. The molecule has 30 heavy (non-hydrogen) atoms. The van der Waals surface area contributed by atoms with Gasteiger partial charge >= 0.3 is 5.97 Å². The van der Waals surface area contributed by atoms with Crippen LogP contribution in [0.5, 0.6) is 0 Å². The van der Waals surface area contributed by atoms with Crippen LogP contribution >= 0.6 is 0 Å². The fourth-order valence-corrected chi connectivity index (χ4v) is 5.10. The average Bonchev–Trinajstić information content (AvgIpc) is 2.64. The van der Waals surface area contributed by atoms with Crippen molar-refractivity contribution in [1.29, 1.82) is 0 Å². The lowest BCUT2D eigenvalue weighted by atomic mass is 10.1. The number of hydrogen-bond acceptors (Lipinski definition) is 6. The highest BCUT2D eigenvalue weighted by Gasteiger charge is 2.24. The van der Waals surface area contributed by atoms with E-state index in [9.17, 15) is 26.7 Å². The molecular weight excluding hydrogens is 430 g/mol. The molecule has 2 aromatic rings. The van der Waals surface area contributed by atoms with Gasteiger partial charge in [-0.25, -0.2) is 25.9 Å². The molecule has 11 heteroatoms. The van der Waals surface area contributed by atoms with E-state index in [1.54, 1.807) is 13.8 Å². The van der Waals surface area contributed by atoms with Crippen molar-refractivity contribution in [1.82, 2.24) is 4.31 Å².